The fourth-order valence-electron chi connectivity index (χ4n) is 4.05. The van der Waals surface area contributed by atoms with Crippen molar-refractivity contribution in [1.29, 1.82) is 0 Å². The molecule has 7 atom stereocenters. The summed E-state index contributed by atoms with van der Waals surface area (Å²) < 4.78 is 24.9. The summed E-state index contributed by atoms with van der Waals surface area (Å²) in [6.07, 6.45) is -1.12. The van der Waals surface area contributed by atoms with Crippen LogP contribution in [0.2, 0.25) is 0 Å². The van der Waals surface area contributed by atoms with Gasteiger partial charge in [-0.2, -0.15) is 0 Å². The smallest absolute Gasteiger partial charge is 0.330 e. The van der Waals surface area contributed by atoms with Crippen LogP contribution in [0.4, 0.5) is 5.69 Å². The van der Waals surface area contributed by atoms with Gasteiger partial charge in [0.1, 0.15) is 24.7 Å². The fourth-order valence-corrected chi connectivity index (χ4v) is 5.53. The van der Waals surface area contributed by atoms with Crippen molar-refractivity contribution in [2.75, 3.05) is 13.2 Å². The molecule has 0 spiro atoms. The van der Waals surface area contributed by atoms with Gasteiger partial charge in [0, 0.05) is 36.9 Å². The summed E-state index contributed by atoms with van der Waals surface area (Å²) in [5, 5.41) is 30.9. The van der Waals surface area contributed by atoms with Crippen LogP contribution in [0.5, 0.6) is 0 Å². The van der Waals surface area contributed by atoms with Crippen LogP contribution < -0.4 is 11.2 Å². The van der Waals surface area contributed by atoms with Crippen molar-refractivity contribution in [2.24, 2.45) is 0 Å². The van der Waals surface area contributed by atoms with Gasteiger partial charge in [0.05, 0.1) is 36.5 Å². The van der Waals surface area contributed by atoms with Gasteiger partial charge in [0.15, 0.2) is 0 Å². The molecule has 2 aromatic heterocycles. The van der Waals surface area contributed by atoms with E-state index in [4.69, 9.17) is 30.3 Å². The Hall–Kier alpha value is -2.27. The Balaban J connectivity index is 1.36. The van der Waals surface area contributed by atoms with Crippen molar-refractivity contribution >= 4 is 24.2 Å². The predicted octanol–water partition coefficient (Wildman–Crippen LogP) is -0.198. The molecule has 2 saturated heterocycles. The van der Waals surface area contributed by atoms with Crippen LogP contribution in [-0.2, 0) is 30.3 Å². The highest BCUT2D eigenvalue weighted by molar-refractivity contribution is 8.07. The molecule has 36 heavy (non-hydrogen) atoms. The molecular weight excluding hydrogens is 523 g/mol. The summed E-state index contributed by atoms with van der Waals surface area (Å²) in [5.74, 6) is 0. The molecule has 4 heterocycles. The van der Waals surface area contributed by atoms with Crippen molar-refractivity contribution in [2.45, 2.75) is 56.6 Å². The molecule has 0 bridgehead atoms. The molecule has 2 aliphatic heterocycles. The Bertz CT molecular complexity index is 1280. The largest absolute Gasteiger partial charge is 0.394 e. The van der Waals surface area contributed by atoms with Crippen molar-refractivity contribution < 1.29 is 38.6 Å². The second kappa shape index (κ2) is 10.6. The molecule has 15 nitrogen and oxygen atoms in total. The zero-order chi connectivity index (χ0) is 26.2. The van der Waals surface area contributed by atoms with Crippen LogP contribution in [0, 0.1) is 17.0 Å². The van der Waals surface area contributed by atoms with Gasteiger partial charge in [-0.15, -0.1) is 0 Å². The van der Waals surface area contributed by atoms with E-state index >= 15 is 0 Å². The van der Waals surface area contributed by atoms with Gasteiger partial charge in [-0.3, -0.25) is 24.5 Å². The molecule has 0 amide bonds. The number of aliphatic hydroxyl groups excluding tert-OH is 2. The summed E-state index contributed by atoms with van der Waals surface area (Å²) in [5.41, 5.74) is -1.07. The highest BCUT2D eigenvalue weighted by Gasteiger charge is 2.41. The Labute approximate surface area is 208 Å². The topological polar surface area (TPSA) is 201 Å². The van der Waals surface area contributed by atoms with Gasteiger partial charge in [-0.05, 0) is 18.7 Å². The van der Waals surface area contributed by atoms with E-state index in [1.54, 1.807) is 0 Å². The second-order valence-electron chi connectivity index (χ2n) is 8.44. The van der Waals surface area contributed by atoms with Crippen molar-refractivity contribution in [3.05, 3.63) is 61.2 Å². The minimum atomic E-state index is -3.90. The number of H-pyrrole nitrogens is 1. The van der Waals surface area contributed by atoms with Gasteiger partial charge < -0.3 is 38.2 Å². The summed E-state index contributed by atoms with van der Waals surface area (Å²) in [4.78, 5) is 46.8. The lowest BCUT2D eigenvalue weighted by molar-refractivity contribution is -0.384. The molecule has 17 heteroatoms. The molecule has 2 aliphatic rings. The van der Waals surface area contributed by atoms with Gasteiger partial charge in [0.25, 0.3) is 11.2 Å². The monoisotopic (exact) mass is 548 g/mol. The third kappa shape index (κ3) is 5.82. The molecule has 3 unspecified atom stereocenters. The van der Waals surface area contributed by atoms with E-state index in [0.29, 0.717) is 0 Å². The first kappa shape index (κ1) is 26.8. The number of nitro groups is 1. The number of aromatic amines is 1. The zero-order valence-corrected chi connectivity index (χ0v) is 20.6. The van der Waals surface area contributed by atoms with E-state index in [9.17, 15) is 34.8 Å². The average molecular weight is 548 g/mol. The third-order valence-electron chi connectivity index (χ3n) is 5.93. The Morgan fingerprint density at radius 3 is 2.67 bits per heavy atom. The van der Waals surface area contributed by atoms with E-state index in [1.807, 2.05) is 0 Å². The lowest BCUT2D eigenvalue weighted by atomic mass is 10.2. The number of nitrogens with zero attached hydrogens (tertiary/aromatic N) is 3. The van der Waals surface area contributed by atoms with E-state index in [1.165, 1.54) is 36.1 Å². The molecule has 4 rings (SSSR count). The first-order valence-electron chi connectivity index (χ1n) is 10.9. The number of rotatable bonds is 9. The lowest BCUT2D eigenvalue weighted by Crippen LogP contribution is -2.33. The lowest BCUT2D eigenvalue weighted by Gasteiger charge is -2.24. The number of ether oxygens (including phenoxy) is 2. The molecule has 2 aromatic rings. The first-order valence-corrected chi connectivity index (χ1v) is 13.5. The van der Waals surface area contributed by atoms with Crippen molar-refractivity contribution in [3.8, 4) is 0 Å². The van der Waals surface area contributed by atoms with Crippen molar-refractivity contribution in [3.63, 3.8) is 0 Å². The summed E-state index contributed by atoms with van der Waals surface area (Å²) >= 11 is 5.08. The van der Waals surface area contributed by atoms with Crippen molar-refractivity contribution in [1.82, 2.24) is 14.1 Å². The van der Waals surface area contributed by atoms with E-state index < -0.39 is 66.4 Å². The number of aromatic nitrogens is 3. The molecule has 0 aliphatic carbocycles. The van der Waals surface area contributed by atoms with Crippen LogP contribution in [0.25, 0.3) is 0 Å². The van der Waals surface area contributed by atoms with E-state index in [-0.39, 0.29) is 30.7 Å². The van der Waals surface area contributed by atoms with Crippen LogP contribution in [0.3, 0.4) is 0 Å². The number of aliphatic hydroxyl groups is 2. The average Bonchev–Trinajstić information content (AvgIpc) is 3.53. The number of hydrogen-bond acceptors (Lipinski definition) is 11. The Morgan fingerprint density at radius 1 is 1.28 bits per heavy atom. The van der Waals surface area contributed by atoms with Gasteiger partial charge in [-0.1, -0.05) is 0 Å². The third-order valence-corrected chi connectivity index (χ3v) is 7.52. The van der Waals surface area contributed by atoms with Gasteiger partial charge in [0.2, 0.25) is 0 Å². The number of nitrogens with one attached hydrogen (secondary N) is 1. The van der Waals surface area contributed by atoms with Crippen LogP contribution in [0.15, 0.2) is 34.2 Å². The molecule has 2 fully saturated rings. The van der Waals surface area contributed by atoms with E-state index in [0.717, 1.165) is 4.57 Å². The number of hydrogen-bond donors (Lipinski definition) is 4. The highest BCUT2D eigenvalue weighted by atomic mass is 32.5. The van der Waals surface area contributed by atoms with Crippen LogP contribution in [0.1, 0.15) is 30.9 Å². The maximum absolute atomic E-state index is 12.1. The Morgan fingerprint density at radius 2 is 2.00 bits per heavy atom. The second-order valence-corrected chi connectivity index (χ2v) is 11.2. The SMILES string of the molecule is Cc1cn([C@H]2CC(O)[C@@H](COP(O)(=S)OC3C[C@H](n4ccc([N+](=O)[O-])c4)O[C@@H]3CO)O2)c(=O)[nH]c1=O. The molecule has 0 aromatic carbocycles. The molecule has 198 valence electrons. The first-order chi connectivity index (χ1) is 17.0. The molecule has 0 saturated carbocycles. The fraction of sp³-hybridized carbons (Fsp3) is 0.579. The summed E-state index contributed by atoms with van der Waals surface area (Å²) in [6, 6.07) is 1.30. The van der Waals surface area contributed by atoms with E-state index in [2.05, 4.69) is 4.98 Å². The quantitative estimate of drug-likeness (QED) is 0.183. The van der Waals surface area contributed by atoms with Gasteiger partial charge >= 0.3 is 12.4 Å². The zero-order valence-electron chi connectivity index (χ0n) is 18.9. The maximum atomic E-state index is 12.1. The van der Waals surface area contributed by atoms with Gasteiger partial charge in [-0.25, -0.2) is 4.79 Å². The summed E-state index contributed by atoms with van der Waals surface area (Å²) in [7, 11) is 0. The number of aryl methyl sites for hydroxylation is 1. The normalized spacial score (nSPS) is 29.9. The summed E-state index contributed by atoms with van der Waals surface area (Å²) in [6.45, 7) is -3.19. The minimum Gasteiger partial charge on any atom is -0.394 e. The molecular formula is C19H25N4O11PS. The predicted molar refractivity (Wildman–Crippen MR) is 125 cm³/mol. The maximum Gasteiger partial charge on any atom is 0.330 e. The van der Waals surface area contributed by atoms with Crippen LogP contribution in [-0.4, -0.2) is 71.8 Å². The molecule has 4 N–H and O–H groups in total. The highest BCUT2D eigenvalue weighted by Crippen LogP contribution is 2.49. The Kier molecular flexibility index (Phi) is 7.89. The van der Waals surface area contributed by atoms with Crippen LogP contribution >= 0.6 is 6.72 Å². The molecule has 0 radical (unpaired) electrons. The minimum absolute atomic E-state index is 0.0301. The standard InChI is InChI=1S/C19H25N4O11PS/c1-10-6-22(19(27)20-18(10)26)17-4-12(25)15(33-17)9-31-35(30,36)34-13-5-16(32-14(13)8-24)21-3-2-11(7-21)23(28)29/h2-3,6-7,12-17,24-25H,4-5,8-9H2,1H3,(H,30,36)(H,20,26,27)/t12?,13?,14-,15-,16-,17-,35?/m1/s1.